The van der Waals surface area contributed by atoms with E-state index in [0.717, 1.165) is 18.4 Å². The summed E-state index contributed by atoms with van der Waals surface area (Å²) in [5, 5.41) is 13.1. The average molecular weight is 440 g/mol. The fraction of sp³-hybridized carbons (Fsp3) is 0.526. The summed E-state index contributed by atoms with van der Waals surface area (Å²) in [7, 11) is -3.53. The lowest BCUT2D eigenvalue weighted by Crippen LogP contribution is -2.27. The molecular formula is C19H29N5O3S2. The number of aromatic nitrogens is 3. The standard InChI is InChI=1S/C19H29N5O3S2/c1-13(2)10-16(11-25)20-17-21-18(24-29(4,26)27)23-19(22-17)28-12-14(3)15-8-6-5-7-9-15/h5-9,13-14,16,25H,10-12H2,1-4H3,(H2,20,21,22,23,24)/t14-,16+/m0/s1. The minimum Gasteiger partial charge on any atom is -0.394 e. The zero-order valence-corrected chi connectivity index (χ0v) is 18.8. The molecule has 0 bridgehead atoms. The van der Waals surface area contributed by atoms with Crippen LogP contribution in [0, 0.1) is 5.92 Å². The van der Waals surface area contributed by atoms with Crippen molar-refractivity contribution in [1.29, 1.82) is 0 Å². The third-order valence-electron chi connectivity index (χ3n) is 4.03. The van der Waals surface area contributed by atoms with E-state index < -0.39 is 10.0 Å². The summed E-state index contributed by atoms with van der Waals surface area (Å²) >= 11 is 1.43. The summed E-state index contributed by atoms with van der Waals surface area (Å²) in [5.74, 6) is 1.56. The average Bonchev–Trinajstić information content (AvgIpc) is 2.64. The van der Waals surface area contributed by atoms with Gasteiger partial charge in [0.05, 0.1) is 18.9 Å². The molecule has 0 saturated heterocycles. The lowest BCUT2D eigenvalue weighted by molar-refractivity contribution is 0.259. The second-order valence-corrected chi connectivity index (χ2v) is 10.2. The predicted molar refractivity (Wildman–Crippen MR) is 118 cm³/mol. The van der Waals surface area contributed by atoms with Gasteiger partial charge in [-0.15, -0.1) is 0 Å². The third-order valence-corrected chi connectivity index (χ3v) is 5.69. The van der Waals surface area contributed by atoms with Gasteiger partial charge in [-0.3, -0.25) is 4.72 Å². The number of nitrogens with zero attached hydrogens (tertiary/aromatic N) is 3. The molecule has 0 saturated carbocycles. The van der Waals surface area contributed by atoms with Crippen molar-refractivity contribution in [2.75, 3.05) is 28.7 Å². The maximum atomic E-state index is 11.6. The summed E-state index contributed by atoms with van der Waals surface area (Å²) in [6.45, 7) is 6.15. The molecule has 2 rings (SSSR count). The molecule has 1 aromatic carbocycles. The molecule has 0 aliphatic rings. The Morgan fingerprint density at radius 3 is 2.31 bits per heavy atom. The van der Waals surface area contributed by atoms with Gasteiger partial charge in [0.25, 0.3) is 0 Å². The second kappa shape index (κ2) is 10.7. The minimum atomic E-state index is -3.53. The highest BCUT2D eigenvalue weighted by Gasteiger charge is 2.16. The highest BCUT2D eigenvalue weighted by molar-refractivity contribution is 7.99. The number of thioether (sulfide) groups is 1. The zero-order chi connectivity index (χ0) is 21.4. The van der Waals surface area contributed by atoms with E-state index in [0.29, 0.717) is 11.1 Å². The Labute approximate surface area is 177 Å². The van der Waals surface area contributed by atoms with Crippen LogP contribution in [0.1, 0.15) is 38.7 Å². The van der Waals surface area contributed by atoms with Crippen molar-refractivity contribution in [3.8, 4) is 0 Å². The second-order valence-electron chi connectivity index (χ2n) is 7.42. The Hall–Kier alpha value is -1.91. The smallest absolute Gasteiger partial charge is 0.242 e. The predicted octanol–water partition coefficient (Wildman–Crippen LogP) is 2.96. The van der Waals surface area contributed by atoms with Crippen LogP contribution in [0.15, 0.2) is 35.5 Å². The van der Waals surface area contributed by atoms with Crippen LogP contribution in [-0.2, 0) is 10.0 Å². The van der Waals surface area contributed by atoms with Gasteiger partial charge in [-0.05, 0) is 23.8 Å². The van der Waals surface area contributed by atoms with E-state index in [4.69, 9.17) is 0 Å². The number of nitrogens with one attached hydrogen (secondary N) is 2. The van der Waals surface area contributed by atoms with E-state index in [1.165, 1.54) is 17.3 Å². The van der Waals surface area contributed by atoms with Crippen molar-refractivity contribution in [2.45, 2.75) is 44.3 Å². The van der Waals surface area contributed by atoms with Gasteiger partial charge in [-0.25, -0.2) is 8.42 Å². The largest absolute Gasteiger partial charge is 0.394 e. The number of sulfonamides is 1. The summed E-state index contributed by atoms with van der Waals surface area (Å²) in [5.41, 5.74) is 1.21. The molecule has 10 heteroatoms. The Balaban J connectivity index is 2.19. The molecule has 2 atom stereocenters. The number of rotatable bonds is 11. The monoisotopic (exact) mass is 439 g/mol. The van der Waals surface area contributed by atoms with E-state index in [1.54, 1.807) is 0 Å². The molecule has 1 heterocycles. The van der Waals surface area contributed by atoms with Crippen molar-refractivity contribution in [1.82, 2.24) is 15.0 Å². The van der Waals surface area contributed by atoms with Crippen LogP contribution in [0.5, 0.6) is 0 Å². The molecule has 0 radical (unpaired) electrons. The van der Waals surface area contributed by atoms with Crippen molar-refractivity contribution in [2.24, 2.45) is 5.92 Å². The maximum absolute atomic E-state index is 11.6. The fourth-order valence-corrected chi connectivity index (χ4v) is 4.02. The van der Waals surface area contributed by atoms with Crippen LogP contribution in [0.3, 0.4) is 0 Å². The minimum absolute atomic E-state index is 0.0406. The Kier molecular flexibility index (Phi) is 8.66. The highest BCUT2D eigenvalue weighted by Crippen LogP contribution is 2.25. The van der Waals surface area contributed by atoms with E-state index >= 15 is 0 Å². The van der Waals surface area contributed by atoms with Gasteiger partial charge in [0, 0.05) is 5.75 Å². The lowest BCUT2D eigenvalue weighted by Gasteiger charge is -2.19. The van der Waals surface area contributed by atoms with Crippen molar-refractivity contribution >= 4 is 33.7 Å². The number of hydrogen-bond donors (Lipinski definition) is 3. The fourth-order valence-electron chi connectivity index (χ4n) is 2.71. The van der Waals surface area contributed by atoms with Gasteiger partial charge in [-0.2, -0.15) is 15.0 Å². The maximum Gasteiger partial charge on any atom is 0.242 e. The molecule has 3 N–H and O–H groups in total. The molecule has 2 aromatic rings. The highest BCUT2D eigenvalue weighted by atomic mass is 32.2. The van der Waals surface area contributed by atoms with Gasteiger partial charge >= 0.3 is 0 Å². The molecule has 0 aliphatic heterocycles. The van der Waals surface area contributed by atoms with Gasteiger partial charge < -0.3 is 10.4 Å². The summed E-state index contributed by atoms with van der Waals surface area (Å²) < 4.78 is 25.5. The zero-order valence-electron chi connectivity index (χ0n) is 17.2. The summed E-state index contributed by atoms with van der Waals surface area (Å²) in [6, 6.07) is 9.88. The molecular weight excluding hydrogens is 410 g/mol. The first-order valence-electron chi connectivity index (χ1n) is 9.45. The summed E-state index contributed by atoms with van der Waals surface area (Å²) in [4.78, 5) is 12.8. The molecule has 0 amide bonds. The number of aliphatic hydroxyl groups is 1. The van der Waals surface area contributed by atoms with Crippen LogP contribution >= 0.6 is 11.8 Å². The Bertz CT molecular complexity index is 879. The van der Waals surface area contributed by atoms with Crippen molar-refractivity contribution in [3.63, 3.8) is 0 Å². The first kappa shape index (κ1) is 23.4. The van der Waals surface area contributed by atoms with Crippen LogP contribution in [-0.4, -0.2) is 53.1 Å². The van der Waals surface area contributed by atoms with Crippen LogP contribution in [0.25, 0.3) is 0 Å². The first-order valence-corrected chi connectivity index (χ1v) is 12.3. The SMILES string of the molecule is CC(C)C[C@H](CO)Nc1nc(NS(C)(=O)=O)nc(SC[C@H](C)c2ccccc2)n1. The van der Waals surface area contributed by atoms with E-state index in [1.807, 2.05) is 18.2 Å². The molecule has 0 fully saturated rings. The normalized spacial score (nSPS) is 13.9. The number of anilines is 2. The van der Waals surface area contributed by atoms with Crippen molar-refractivity contribution < 1.29 is 13.5 Å². The summed E-state index contributed by atoms with van der Waals surface area (Å²) in [6.07, 6.45) is 1.77. The Morgan fingerprint density at radius 2 is 1.72 bits per heavy atom. The molecule has 1 aromatic heterocycles. The van der Waals surface area contributed by atoms with Gasteiger partial charge in [0.15, 0.2) is 5.16 Å². The molecule has 0 unspecified atom stereocenters. The molecule has 0 spiro atoms. The van der Waals surface area contributed by atoms with E-state index in [9.17, 15) is 13.5 Å². The number of aliphatic hydroxyl groups excluding tert-OH is 1. The molecule has 29 heavy (non-hydrogen) atoms. The molecule has 160 valence electrons. The third kappa shape index (κ3) is 8.55. The van der Waals surface area contributed by atoms with Crippen molar-refractivity contribution in [3.05, 3.63) is 35.9 Å². The van der Waals surface area contributed by atoms with Crippen LogP contribution in [0.4, 0.5) is 11.9 Å². The van der Waals surface area contributed by atoms with Crippen LogP contribution in [0.2, 0.25) is 0 Å². The number of hydrogen-bond acceptors (Lipinski definition) is 8. The molecule has 8 nitrogen and oxygen atoms in total. The van der Waals surface area contributed by atoms with Gasteiger partial charge in [-0.1, -0.05) is 62.9 Å². The topological polar surface area (TPSA) is 117 Å². The quantitative estimate of drug-likeness (QED) is 0.458. The van der Waals surface area contributed by atoms with E-state index in [-0.39, 0.29) is 30.5 Å². The Morgan fingerprint density at radius 1 is 1.07 bits per heavy atom. The van der Waals surface area contributed by atoms with Gasteiger partial charge in [0.2, 0.25) is 21.9 Å². The molecule has 0 aliphatic carbocycles. The van der Waals surface area contributed by atoms with Crippen LogP contribution < -0.4 is 10.0 Å². The lowest BCUT2D eigenvalue weighted by atomic mass is 10.0. The number of benzene rings is 1. The first-order chi connectivity index (χ1) is 13.7. The van der Waals surface area contributed by atoms with E-state index in [2.05, 4.69) is 57.9 Å². The van der Waals surface area contributed by atoms with Gasteiger partial charge in [0.1, 0.15) is 0 Å².